The van der Waals surface area contributed by atoms with E-state index in [1.165, 1.54) is 18.5 Å². The van der Waals surface area contributed by atoms with Gasteiger partial charge in [0.25, 0.3) is 0 Å². The summed E-state index contributed by atoms with van der Waals surface area (Å²) in [5.41, 5.74) is 3.51. The molecule has 0 aliphatic rings. The van der Waals surface area contributed by atoms with Gasteiger partial charge in [-0.2, -0.15) is 5.10 Å². The third-order valence-corrected chi connectivity index (χ3v) is 4.69. The zero-order valence-corrected chi connectivity index (χ0v) is 16.5. The van der Waals surface area contributed by atoms with Crippen molar-refractivity contribution >= 4 is 28.8 Å². The Morgan fingerprint density at radius 3 is 2.58 bits per heavy atom. The normalized spacial score (nSPS) is 11.5. The van der Waals surface area contributed by atoms with Crippen LogP contribution in [0.1, 0.15) is 5.56 Å². The van der Waals surface area contributed by atoms with Crippen LogP contribution in [0.4, 0.5) is 18.9 Å². The van der Waals surface area contributed by atoms with Crippen LogP contribution in [0.5, 0.6) is 5.75 Å². The maximum atomic E-state index is 12.4. The number of carbonyl (C=O) groups excluding carboxylic acids is 1. The Labute approximate surface area is 179 Å². The summed E-state index contributed by atoms with van der Waals surface area (Å²) in [6, 6.07) is 14.8. The van der Waals surface area contributed by atoms with Crippen molar-refractivity contribution in [1.29, 1.82) is 0 Å². The molecule has 0 aliphatic carbocycles. The number of carbonyl (C=O) groups is 1. The monoisotopic (exact) mass is 446 g/mol. The molecule has 0 atom stereocenters. The maximum absolute atomic E-state index is 12.4. The molecule has 6 nitrogen and oxygen atoms in total. The summed E-state index contributed by atoms with van der Waals surface area (Å²) in [7, 11) is 0. The zero-order chi connectivity index (χ0) is 22.0. The van der Waals surface area contributed by atoms with Gasteiger partial charge in [-0.1, -0.05) is 35.9 Å². The fourth-order valence-corrected chi connectivity index (χ4v) is 3.14. The Morgan fingerprint density at radius 2 is 1.84 bits per heavy atom. The van der Waals surface area contributed by atoms with E-state index >= 15 is 0 Å². The molecule has 10 heteroatoms. The van der Waals surface area contributed by atoms with Gasteiger partial charge in [-0.25, -0.2) is 9.50 Å². The summed E-state index contributed by atoms with van der Waals surface area (Å²) >= 11 is 5.71. The number of amides is 1. The van der Waals surface area contributed by atoms with E-state index in [-0.39, 0.29) is 17.1 Å². The molecular formula is C21H14ClF3N4O2. The first-order valence-electron chi connectivity index (χ1n) is 9.01. The number of ether oxygens (including phenoxy) is 1. The van der Waals surface area contributed by atoms with Crippen molar-refractivity contribution in [3.63, 3.8) is 0 Å². The summed E-state index contributed by atoms with van der Waals surface area (Å²) in [6.45, 7) is 0. The van der Waals surface area contributed by atoms with Crippen molar-refractivity contribution in [3.05, 3.63) is 77.7 Å². The number of halogens is 4. The third kappa shape index (κ3) is 5.13. The summed E-state index contributed by atoms with van der Waals surface area (Å²) in [5.74, 6) is -0.973. The van der Waals surface area contributed by atoms with Crippen molar-refractivity contribution in [2.75, 3.05) is 5.32 Å². The molecule has 0 saturated carbocycles. The minimum absolute atomic E-state index is 0.0432. The van der Waals surface area contributed by atoms with E-state index in [1.54, 1.807) is 4.52 Å². The number of hydrogen-bond donors (Lipinski definition) is 1. The molecule has 0 radical (unpaired) electrons. The highest BCUT2D eigenvalue weighted by Crippen LogP contribution is 2.32. The molecule has 31 heavy (non-hydrogen) atoms. The van der Waals surface area contributed by atoms with Gasteiger partial charge in [0, 0.05) is 18.0 Å². The maximum Gasteiger partial charge on any atom is 0.573 e. The Morgan fingerprint density at radius 1 is 1.06 bits per heavy atom. The average Bonchev–Trinajstić information content (AvgIpc) is 3.18. The second kappa shape index (κ2) is 8.27. The number of alkyl halides is 3. The number of anilines is 1. The molecule has 2 aromatic carbocycles. The average molecular weight is 447 g/mol. The van der Waals surface area contributed by atoms with Crippen molar-refractivity contribution in [1.82, 2.24) is 14.6 Å². The van der Waals surface area contributed by atoms with Crippen molar-refractivity contribution in [2.45, 2.75) is 12.8 Å². The topological polar surface area (TPSA) is 68.5 Å². The Balaban J connectivity index is 1.42. The van der Waals surface area contributed by atoms with Crippen LogP contribution in [0, 0.1) is 0 Å². The van der Waals surface area contributed by atoms with Crippen molar-refractivity contribution in [3.8, 4) is 16.9 Å². The van der Waals surface area contributed by atoms with Gasteiger partial charge in [-0.15, -0.1) is 13.2 Å². The summed E-state index contributed by atoms with van der Waals surface area (Å²) in [5, 5.41) is 6.38. The van der Waals surface area contributed by atoms with E-state index in [1.807, 2.05) is 42.6 Å². The molecule has 4 rings (SSSR count). The SMILES string of the molecule is O=C(Cc1ccc(-c2ccn3ncnc3c2)cc1)Nc1ccc(Cl)c(OC(F)(F)F)c1. The predicted octanol–water partition coefficient (Wildman–Crippen LogP) is 5.13. The van der Waals surface area contributed by atoms with Gasteiger partial charge in [0.15, 0.2) is 5.65 Å². The molecule has 0 bridgehead atoms. The lowest BCUT2D eigenvalue weighted by atomic mass is 10.0. The van der Waals surface area contributed by atoms with E-state index in [2.05, 4.69) is 20.1 Å². The van der Waals surface area contributed by atoms with Gasteiger partial charge in [0.1, 0.15) is 12.1 Å². The lowest BCUT2D eigenvalue weighted by Crippen LogP contribution is -2.18. The summed E-state index contributed by atoms with van der Waals surface area (Å²) in [4.78, 5) is 16.5. The minimum atomic E-state index is -4.88. The quantitative estimate of drug-likeness (QED) is 0.461. The number of pyridine rings is 1. The molecule has 2 aromatic heterocycles. The van der Waals surface area contributed by atoms with E-state index in [0.29, 0.717) is 0 Å². The van der Waals surface area contributed by atoms with Gasteiger partial charge in [-0.05, 0) is 41.0 Å². The van der Waals surface area contributed by atoms with Gasteiger partial charge >= 0.3 is 6.36 Å². The van der Waals surface area contributed by atoms with Crippen LogP contribution in [0.25, 0.3) is 16.8 Å². The molecule has 4 aromatic rings. The lowest BCUT2D eigenvalue weighted by Gasteiger charge is -2.12. The zero-order valence-electron chi connectivity index (χ0n) is 15.7. The molecule has 0 saturated heterocycles. The van der Waals surface area contributed by atoms with E-state index in [9.17, 15) is 18.0 Å². The van der Waals surface area contributed by atoms with Gasteiger partial charge in [0.2, 0.25) is 5.91 Å². The van der Waals surface area contributed by atoms with Gasteiger partial charge in [0.05, 0.1) is 11.4 Å². The van der Waals surface area contributed by atoms with Crippen LogP contribution in [-0.4, -0.2) is 26.9 Å². The van der Waals surface area contributed by atoms with Crippen molar-refractivity contribution < 1.29 is 22.7 Å². The van der Waals surface area contributed by atoms with Gasteiger partial charge < -0.3 is 10.1 Å². The molecule has 2 heterocycles. The lowest BCUT2D eigenvalue weighted by molar-refractivity contribution is -0.274. The Hall–Kier alpha value is -3.59. The highest BCUT2D eigenvalue weighted by molar-refractivity contribution is 6.32. The molecule has 0 unspecified atom stereocenters. The second-order valence-corrected chi connectivity index (χ2v) is 7.00. The number of benzene rings is 2. The van der Waals surface area contributed by atoms with Crippen molar-refractivity contribution in [2.24, 2.45) is 0 Å². The number of hydrogen-bond acceptors (Lipinski definition) is 4. The van der Waals surface area contributed by atoms with Gasteiger partial charge in [-0.3, -0.25) is 4.79 Å². The standard InChI is InChI=1S/C21H14ClF3N4O2/c22-17-6-5-16(11-18(17)31-21(23,24)25)28-20(30)9-13-1-3-14(4-2-13)15-7-8-29-19(10-15)26-12-27-29/h1-8,10-12H,9H2,(H,28,30). The molecular weight excluding hydrogens is 433 g/mol. The molecule has 1 N–H and O–H groups in total. The highest BCUT2D eigenvalue weighted by atomic mass is 35.5. The smallest absolute Gasteiger partial charge is 0.404 e. The summed E-state index contributed by atoms with van der Waals surface area (Å²) < 4.78 is 42.8. The van der Waals surface area contributed by atoms with E-state index in [0.717, 1.165) is 28.4 Å². The highest BCUT2D eigenvalue weighted by Gasteiger charge is 2.32. The molecule has 0 spiro atoms. The third-order valence-electron chi connectivity index (χ3n) is 4.37. The first-order chi connectivity index (χ1) is 14.8. The predicted molar refractivity (Wildman–Crippen MR) is 109 cm³/mol. The van der Waals surface area contributed by atoms with Crippen LogP contribution in [0.3, 0.4) is 0 Å². The Kier molecular flexibility index (Phi) is 5.51. The number of fused-ring (bicyclic) bond motifs is 1. The van der Waals surface area contributed by atoms with Crippen LogP contribution >= 0.6 is 11.6 Å². The second-order valence-electron chi connectivity index (χ2n) is 6.59. The number of aromatic nitrogens is 3. The van der Waals surface area contributed by atoms with Crippen LogP contribution in [0.15, 0.2) is 67.1 Å². The Bertz CT molecular complexity index is 1240. The molecule has 158 valence electrons. The largest absolute Gasteiger partial charge is 0.573 e. The van der Waals surface area contributed by atoms with Crippen LogP contribution in [0.2, 0.25) is 5.02 Å². The fraction of sp³-hybridized carbons (Fsp3) is 0.0952. The first kappa shape index (κ1) is 20.7. The van der Waals surface area contributed by atoms with E-state index < -0.39 is 18.0 Å². The number of nitrogens with one attached hydrogen (secondary N) is 1. The minimum Gasteiger partial charge on any atom is -0.404 e. The fourth-order valence-electron chi connectivity index (χ4n) is 2.98. The summed E-state index contributed by atoms with van der Waals surface area (Å²) in [6.07, 6.45) is -1.56. The van der Waals surface area contributed by atoms with E-state index in [4.69, 9.17) is 11.6 Å². The first-order valence-corrected chi connectivity index (χ1v) is 9.38. The van der Waals surface area contributed by atoms with Crippen LogP contribution in [-0.2, 0) is 11.2 Å². The van der Waals surface area contributed by atoms with Crippen LogP contribution < -0.4 is 10.1 Å². The molecule has 0 aliphatic heterocycles. The number of rotatable bonds is 5. The number of nitrogens with zero attached hydrogens (tertiary/aromatic N) is 3. The molecule has 0 fully saturated rings. The molecule has 1 amide bonds.